The fourth-order valence-electron chi connectivity index (χ4n) is 1.32. The zero-order valence-electron chi connectivity index (χ0n) is 9.34. The number of carbonyl (C=O) groups excluding carboxylic acids is 1. The highest BCUT2D eigenvalue weighted by molar-refractivity contribution is 6.17. The van der Waals surface area contributed by atoms with Gasteiger partial charge in [0.1, 0.15) is 6.10 Å². The van der Waals surface area contributed by atoms with Gasteiger partial charge in [0.05, 0.1) is 24.5 Å². The van der Waals surface area contributed by atoms with Crippen LogP contribution in [0.2, 0.25) is 0 Å². The van der Waals surface area contributed by atoms with Crippen LogP contribution in [-0.4, -0.2) is 40.3 Å². The van der Waals surface area contributed by atoms with Crippen molar-refractivity contribution in [2.24, 2.45) is 0 Å². The van der Waals surface area contributed by atoms with Crippen molar-refractivity contribution in [1.29, 1.82) is 0 Å². The summed E-state index contributed by atoms with van der Waals surface area (Å²) in [7, 11) is 1.27. The molecule has 0 fully saturated rings. The van der Waals surface area contributed by atoms with Crippen LogP contribution < -0.4 is 0 Å². The van der Waals surface area contributed by atoms with E-state index in [2.05, 4.69) is 9.72 Å². The Labute approximate surface area is 104 Å². The van der Waals surface area contributed by atoms with Gasteiger partial charge in [0, 0.05) is 12.1 Å². The Morgan fingerprint density at radius 1 is 1.59 bits per heavy atom. The molecule has 0 aliphatic carbocycles. The number of alkyl halides is 1. The highest BCUT2D eigenvalue weighted by Gasteiger charge is 2.20. The van der Waals surface area contributed by atoms with E-state index < -0.39 is 18.2 Å². The first-order valence-corrected chi connectivity index (χ1v) is 5.60. The van der Waals surface area contributed by atoms with E-state index in [9.17, 15) is 15.0 Å². The van der Waals surface area contributed by atoms with Gasteiger partial charge >= 0.3 is 5.97 Å². The highest BCUT2D eigenvalue weighted by atomic mass is 35.5. The Morgan fingerprint density at radius 3 is 2.88 bits per heavy atom. The Morgan fingerprint density at radius 2 is 2.29 bits per heavy atom. The SMILES string of the molecule is COC(=O)c1ccnc(C(O)C(O)CCCl)c1. The summed E-state index contributed by atoms with van der Waals surface area (Å²) in [6.07, 6.45) is -0.559. The minimum atomic E-state index is -1.17. The number of nitrogens with zero attached hydrogens (tertiary/aromatic N) is 1. The van der Waals surface area contributed by atoms with Crippen molar-refractivity contribution in [2.45, 2.75) is 18.6 Å². The number of aromatic nitrogens is 1. The smallest absolute Gasteiger partial charge is 0.337 e. The number of aliphatic hydroxyl groups is 2. The van der Waals surface area contributed by atoms with Gasteiger partial charge in [0.25, 0.3) is 0 Å². The van der Waals surface area contributed by atoms with E-state index in [0.717, 1.165) is 0 Å². The summed E-state index contributed by atoms with van der Waals surface area (Å²) in [5, 5.41) is 19.3. The summed E-state index contributed by atoms with van der Waals surface area (Å²) < 4.78 is 4.55. The molecule has 1 aromatic rings. The van der Waals surface area contributed by atoms with Crippen molar-refractivity contribution in [3.63, 3.8) is 0 Å². The molecule has 0 saturated carbocycles. The van der Waals surface area contributed by atoms with E-state index in [4.69, 9.17) is 11.6 Å². The maximum Gasteiger partial charge on any atom is 0.337 e. The molecule has 0 bridgehead atoms. The molecule has 6 heteroatoms. The molecule has 1 aromatic heterocycles. The van der Waals surface area contributed by atoms with E-state index in [0.29, 0.717) is 0 Å². The fraction of sp³-hybridized carbons (Fsp3) is 0.455. The van der Waals surface area contributed by atoms with Crippen LogP contribution in [0.5, 0.6) is 0 Å². The predicted molar refractivity (Wildman–Crippen MR) is 61.9 cm³/mol. The van der Waals surface area contributed by atoms with Crippen LogP contribution in [0.25, 0.3) is 0 Å². The van der Waals surface area contributed by atoms with Crippen molar-refractivity contribution < 1.29 is 19.7 Å². The van der Waals surface area contributed by atoms with Crippen molar-refractivity contribution in [3.05, 3.63) is 29.6 Å². The fourth-order valence-corrected chi connectivity index (χ4v) is 1.55. The number of hydrogen-bond donors (Lipinski definition) is 2. The third-order valence-corrected chi connectivity index (χ3v) is 2.49. The lowest BCUT2D eigenvalue weighted by Gasteiger charge is -2.16. The Kier molecular flexibility index (Phi) is 5.34. The third-order valence-electron chi connectivity index (χ3n) is 2.27. The zero-order chi connectivity index (χ0) is 12.8. The maximum absolute atomic E-state index is 11.3. The molecule has 94 valence electrons. The van der Waals surface area contributed by atoms with Gasteiger partial charge in [-0.15, -0.1) is 11.6 Å². The van der Waals surface area contributed by atoms with Gasteiger partial charge in [-0.1, -0.05) is 0 Å². The molecule has 5 nitrogen and oxygen atoms in total. The van der Waals surface area contributed by atoms with Gasteiger partial charge in [-0.2, -0.15) is 0 Å². The molecule has 0 aliphatic rings. The monoisotopic (exact) mass is 259 g/mol. The Bertz CT molecular complexity index is 385. The first kappa shape index (κ1) is 13.9. The van der Waals surface area contributed by atoms with Gasteiger partial charge in [-0.3, -0.25) is 4.98 Å². The van der Waals surface area contributed by atoms with E-state index in [-0.39, 0.29) is 23.6 Å². The second kappa shape index (κ2) is 6.54. The largest absolute Gasteiger partial charge is 0.465 e. The number of aliphatic hydroxyl groups excluding tert-OH is 2. The molecule has 2 N–H and O–H groups in total. The number of pyridine rings is 1. The first-order chi connectivity index (χ1) is 8.10. The molecular formula is C11H14ClNO4. The number of esters is 1. The van der Waals surface area contributed by atoms with Crippen LogP contribution in [0.4, 0.5) is 0 Å². The molecule has 0 radical (unpaired) electrons. The standard InChI is InChI=1S/C11H14ClNO4/c1-17-11(16)7-3-5-13-8(6-7)10(15)9(14)2-4-12/h3,5-6,9-10,14-15H,2,4H2,1H3. The molecule has 17 heavy (non-hydrogen) atoms. The van der Waals surface area contributed by atoms with E-state index in [1.807, 2.05) is 0 Å². The van der Waals surface area contributed by atoms with Gasteiger partial charge in [-0.25, -0.2) is 4.79 Å². The average molecular weight is 260 g/mol. The van der Waals surface area contributed by atoms with Crippen LogP contribution >= 0.6 is 11.6 Å². The number of carbonyl (C=O) groups is 1. The zero-order valence-corrected chi connectivity index (χ0v) is 10.1. The molecule has 2 atom stereocenters. The number of methoxy groups -OCH3 is 1. The summed E-state index contributed by atoms with van der Waals surface area (Å²) in [6, 6.07) is 2.85. The van der Waals surface area contributed by atoms with Crippen LogP contribution in [0, 0.1) is 0 Å². The number of rotatable bonds is 5. The predicted octanol–water partition coefficient (Wildman–Crippen LogP) is 0.891. The quantitative estimate of drug-likeness (QED) is 0.606. The normalized spacial score (nSPS) is 14.1. The Hall–Kier alpha value is -1.17. The average Bonchev–Trinajstić information content (AvgIpc) is 2.37. The summed E-state index contributed by atoms with van der Waals surface area (Å²) in [6.45, 7) is 0. The van der Waals surface area contributed by atoms with E-state index >= 15 is 0 Å². The topological polar surface area (TPSA) is 79.7 Å². The lowest BCUT2D eigenvalue weighted by molar-refractivity contribution is 0.0143. The van der Waals surface area contributed by atoms with Crippen LogP contribution in [0.1, 0.15) is 28.6 Å². The van der Waals surface area contributed by atoms with Gasteiger partial charge < -0.3 is 14.9 Å². The summed E-state index contributed by atoms with van der Waals surface area (Å²) in [5.74, 6) is -0.290. The Balaban J connectivity index is 2.87. The molecule has 0 amide bonds. The van der Waals surface area contributed by atoms with Gasteiger partial charge in [-0.05, 0) is 18.6 Å². The lowest BCUT2D eigenvalue weighted by Crippen LogP contribution is -2.20. The van der Waals surface area contributed by atoms with Crippen molar-refractivity contribution in [3.8, 4) is 0 Å². The van der Waals surface area contributed by atoms with Gasteiger partial charge in [0.15, 0.2) is 0 Å². The number of halogens is 1. The minimum absolute atomic E-state index is 0.213. The van der Waals surface area contributed by atoms with Crippen LogP contribution in [-0.2, 0) is 4.74 Å². The third kappa shape index (κ3) is 3.66. The van der Waals surface area contributed by atoms with Crippen molar-refractivity contribution >= 4 is 17.6 Å². The first-order valence-electron chi connectivity index (χ1n) is 5.06. The number of hydrogen-bond acceptors (Lipinski definition) is 5. The van der Waals surface area contributed by atoms with Gasteiger partial charge in [0.2, 0.25) is 0 Å². The molecule has 0 aromatic carbocycles. The molecule has 2 unspecified atom stereocenters. The molecule has 0 aliphatic heterocycles. The summed E-state index contributed by atoms with van der Waals surface area (Å²) in [5.41, 5.74) is 0.486. The lowest BCUT2D eigenvalue weighted by atomic mass is 10.1. The second-order valence-electron chi connectivity index (χ2n) is 3.45. The van der Waals surface area contributed by atoms with Crippen molar-refractivity contribution in [2.75, 3.05) is 13.0 Å². The highest BCUT2D eigenvalue weighted by Crippen LogP contribution is 2.18. The molecular weight excluding hydrogens is 246 g/mol. The number of ether oxygens (including phenoxy) is 1. The molecule has 0 saturated heterocycles. The molecule has 1 rings (SSSR count). The second-order valence-corrected chi connectivity index (χ2v) is 3.83. The van der Waals surface area contributed by atoms with E-state index in [1.165, 1.54) is 25.4 Å². The maximum atomic E-state index is 11.3. The summed E-state index contributed by atoms with van der Waals surface area (Å²) >= 11 is 5.47. The minimum Gasteiger partial charge on any atom is -0.465 e. The molecule has 1 heterocycles. The van der Waals surface area contributed by atoms with Crippen LogP contribution in [0.3, 0.4) is 0 Å². The summed E-state index contributed by atoms with van der Waals surface area (Å²) in [4.78, 5) is 15.2. The van der Waals surface area contributed by atoms with Crippen molar-refractivity contribution in [1.82, 2.24) is 4.98 Å². The molecule has 0 spiro atoms. The van der Waals surface area contributed by atoms with E-state index in [1.54, 1.807) is 0 Å². The van der Waals surface area contributed by atoms with Crippen LogP contribution in [0.15, 0.2) is 18.3 Å².